The van der Waals surface area contributed by atoms with Gasteiger partial charge in [0.2, 0.25) is 11.6 Å². The number of urea groups is 1. The van der Waals surface area contributed by atoms with E-state index in [1.165, 1.54) is 0 Å². The highest BCUT2D eigenvalue weighted by atomic mass is 16.6. The fourth-order valence-electron chi connectivity index (χ4n) is 11.8. The number of carbonyl (C=O) groups is 4. The molecular weight excluding hydrogens is 1190 g/mol. The summed E-state index contributed by atoms with van der Waals surface area (Å²) >= 11 is 0. The van der Waals surface area contributed by atoms with E-state index in [0.717, 1.165) is 165 Å². The van der Waals surface area contributed by atoms with Crippen LogP contribution < -0.4 is 46.0 Å². The first-order valence-electron chi connectivity index (χ1n) is 31.2. The second-order valence-corrected chi connectivity index (χ2v) is 22.8. The number of piperidine rings is 2. The van der Waals surface area contributed by atoms with Gasteiger partial charge in [-0.2, -0.15) is 0 Å². The Morgan fingerprint density at radius 2 is 1.04 bits per heavy atom. The number of aromatic amines is 2. The maximum atomic E-state index is 12.8. The number of hydrogen-bond acceptors (Lipinski definition) is 18. The third-order valence-corrected chi connectivity index (χ3v) is 16.3. The van der Waals surface area contributed by atoms with E-state index in [9.17, 15) is 19.2 Å². The first kappa shape index (κ1) is 66.1. The van der Waals surface area contributed by atoms with Crippen molar-refractivity contribution in [3.05, 3.63) is 140 Å². The van der Waals surface area contributed by atoms with Crippen LogP contribution in [-0.2, 0) is 19.1 Å². The number of Topliss-reactive ketones (excluding diaryl/α,β-unsaturated/α-hetero) is 2. The molecule has 94 heavy (non-hydrogen) atoms. The van der Waals surface area contributed by atoms with Gasteiger partial charge in [-0.15, -0.1) is 0 Å². The number of para-hydroxylation sites is 1. The van der Waals surface area contributed by atoms with Crippen molar-refractivity contribution in [3.8, 4) is 51.9 Å². The van der Waals surface area contributed by atoms with Crippen LogP contribution in [0.4, 0.5) is 55.6 Å². The van der Waals surface area contributed by atoms with Crippen LogP contribution in [0.5, 0.6) is 5.75 Å². The molecule has 2 atom stereocenters. The molecular formula is C71H78N16O7. The summed E-state index contributed by atoms with van der Waals surface area (Å²) in [5.41, 5.74) is 14.7. The SMILES string of the molecule is C.CC#CC(=O)C[C@@H]1CCCN(c2ccnc(NC(=O)Nc3ccc(-c4cc5c(N6CCOCC6)ncnc5[nH]4)cc3)c2)C1.CC#CC(=O)C[C@@H]1CCCN(c2ccnc(NC(=O)Oc3ccccc3)c2)C1.Nc1ccc(-c2cc3c(N4CCOCC4)ncnc3[nH]2)cc1. The maximum absolute atomic E-state index is 12.8. The summed E-state index contributed by atoms with van der Waals surface area (Å²) in [5, 5.41) is 10.4. The van der Waals surface area contributed by atoms with Crippen LogP contribution in [0.2, 0.25) is 0 Å². The molecule has 484 valence electrons. The Hall–Kier alpha value is -10.9. The lowest BCUT2D eigenvalue weighted by atomic mass is 9.92. The van der Waals surface area contributed by atoms with Gasteiger partial charge in [-0.3, -0.25) is 20.2 Å². The highest BCUT2D eigenvalue weighted by Crippen LogP contribution is 2.33. The number of pyridine rings is 2. The third kappa shape index (κ3) is 17.8. The van der Waals surface area contributed by atoms with Crippen molar-refractivity contribution in [2.75, 3.05) is 120 Å². The molecule has 13 rings (SSSR count). The number of nitrogen functional groups attached to an aromatic ring is 1. The third-order valence-electron chi connectivity index (χ3n) is 16.3. The highest BCUT2D eigenvalue weighted by molar-refractivity contribution is 6.00. The van der Waals surface area contributed by atoms with Crippen molar-refractivity contribution < 1.29 is 33.4 Å². The van der Waals surface area contributed by atoms with Gasteiger partial charge in [-0.25, -0.2) is 39.5 Å². The minimum absolute atomic E-state index is 0. The molecule has 23 heteroatoms. The van der Waals surface area contributed by atoms with Crippen molar-refractivity contribution >= 4 is 91.8 Å². The number of ketones is 2. The van der Waals surface area contributed by atoms with Crippen molar-refractivity contribution in [1.29, 1.82) is 0 Å². The Bertz CT molecular complexity index is 4170. The molecule has 0 saturated carbocycles. The van der Waals surface area contributed by atoms with Gasteiger partial charge < -0.3 is 54.8 Å². The number of ether oxygens (including phenoxy) is 3. The second-order valence-electron chi connectivity index (χ2n) is 22.8. The molecule has 0 spiro atoms. The molecule has 3 amide bonds. The standard InChI is InChI=1S/C32H34N8O3.C22H23N3O3.C16H17N5O.CH4/c1-2-4-26(41)17-22-5-3-12-40(20-22)25-10-11-33-29(18-25)38-32(42)36-24-8-6-23(7-9-24)28-19-27-30(37-28)34-21-35-31(27)39-13-15-43-16-14-39;1-2-7-19(26)14-17-8-6-13-25(16-17)18-11-12-23-21(15-18)24-22(27)28-20-9-4-3-5-10-20;17-12-3-1-11(2-4-12)14-9-13-15(20-14)18-10-19-16(13)21-5-7-22-8-6-21;/h6-11,18-19,21-22H,3,5,12-17,20H2,1H3,(H,34,35,37)(H2,33,36,38,42);3-5,9-12,15,17H,6,8,13-14,16H2,1H3,(H,23,24,27);1-4,9-10H,5-8,17H2,(H,18,19,20);1H4/t22-;17-;;/m00../s1. The lowest BCUT2D eigenvalue weighted by molar-refractivity contribution is -0.115. The molecule has 3 aromatic carbocycles. The number of carbonyl (C=O) groups excluding carboxylic acids is 4. The van der Waals surface area contributed by atoms with Crippen LogP contribution in [0, 0.1) is 35.5 Å². The van der Waals surface area contributed by atoms with E-state index in [0.29, 0.717) is 49.1 Å². The number of H-pyrrole nitrogens is 2. The summed E-state index contributed by atoms with van der Waals surface area (Å²) in [6.45, 7) is 12.9. The van der Waals surface area contributed by atoms with Crippen LogP contribution in [0.25, 0.3) is 44.6 Å². The number of nitrogens with two attached hydrogens (primary N) is 1. The van der Waals surface area contributed by atoms with Gasteiger partial charge in [-0.05, 0) is 135 Å². The second kappa shape index (κ2) is 32.4. The van der Waals surface area contributed by atoms with E-state index < -0.39 is 6.09 Å². The number of nitrogens with one attached hydrogen (secondary N) is 5. The molecule has 7 N–H and O–H groups in total. The normalized spacial score (nSPS) is 16.0. The first-order chi connectivity index (χ1) is 45.5. The predicted octanol–water partition coefficient (Wildman–Crippen LogP) is 11.3. The molecule has 0 radical (unpaired) electrons. The average molecular weight is 1270 g/mol. The summed E-state index contributed by atoms with van der Waals surface area (Å²) in [6.07, 6.45) is 10.9. The Balaban J connectivity index is 0.000000163. The number of anilines is 8. The minimum atomic E-state index is -0.587. The molecule has 0 unspecified atom stereocenters. The van der Waals surface area contributed by atoms with Crippen molar-refractivity contribution in [3.63, 3.8) is 0 Å². The van der Waals surface area contributed by atoms with Crippen LogP contribution >= 0.6 is 0 Å². The number of aromatic nitrogens is 8. The molecule has 4 aliphatic rings. The van der Waals surface area contributed by atoms with Crippen molar-refractivity contribution in [2.45, 2.75) is 59.8 Å². The summed E-state index contributed by atoms with van der Waals surface area (Å²) in [7, 11) is 0. The van der Waals surface area contributed by atoms with E-state index in [4.69, 9.17) is 19.9 Å². The Kier molecular flexibility index (Phi) is 22.8. The lowest BCUT2D eigenvalue weighted by Crippen LogP contribution is -2.36. The molecule has 23 nitrogen and oxygen atoms in total. The smallest absolute Gasteiger partial charge is 0.410 e. The van der Waals surface area contributed by atoms with E-state index in [-0.39, 0.29) is 36.9 Å². The molecule has 10 heterocycles. The number of morpholine rings is 2. The number of benzene rings is 3. The van der Waals surface area contributed by atoms with Crippen LogP contribution in [0.15, 0.2) is 140 Å². The van der Waals surface area contributed by atoms with Gasteiger partial charge in [0.25, 0.3) is 0 Å². The summed E-state index contributed by atoms with van der Waals surface area (Å²) in [4.78, 5) is 90.7. The highest BCUT2D eigenvalue weighted by Gasteiger charge is 2.25. The largest absolute Gasteiger partial charge is 0.418 e. The van der Waals surface area contributed by atoms with Crippen LogP contribution in [-0.4, -0.2) is 142 Å². The zero-order chi connectivity index (χ0) is 64.3. The van der Waals surface area contributed by atoms with Gasteiger partial charge in [0.05, 0.1) is 37.2 Å². The van der Waals surface area contributed by atoms with Gasteiger partial charge in [0.15, 0.2) is 0 Å². The zero-order valence-corrected chi connectivity index (χ0v) is 52.1. The van der Waals surface area contributed by atoms with E-state index in [2.05, 4.69) is 111 Å². The van der Waals surface area contributed by atoms with Gasteiger partial charge in [0.1, 0.15) is 53.0 Å². The van der Waals surface area contributed by atoms with Gasteiger partial charge in [-0.1, -0.05) is 61.7 Å². The zero-order valence-electron chi connectivity index (χ0n) is 52.1. The van der Waals surface area contributed by atoms with E-state index >= 15 is 0 Å². The fraction of sp³-hybridized carbons (Fsp3) is 0.324. The van der Waals surface area contributed by atoms with E-state index in [1.807, 2.05) is 78.9 Å². The fourth-order valence-corrected chi connectivity index (χ4v) is 11.8. The Morgan fingerprint density at radius 3 is 1.53 bits per heavy atom. The van der Waals surface area contributed by atoms with E-state index in [1.54, 1.807) is 63.2 Å². The number of amides is 3. The van der Waals surface area contributed by atoms with Crippen LogP contribution in [0.3, 0.4) is 0 Å². The molecule has 0 bridgehead atoms. The number of nitrogens with zero attached hydrogens (tertiary/aromatic N) is 10. The molecule has 4 saturated heterocycles. The van der Waals surface area contributed by atoms with Gasteiger partial charge >= 0.3 is 12.1 Å². The Morgan fingerprint density at radius 1 is 0.564 bits per heavy atom. The lowest BCUT2D eigenvalue weighted by Gasteiger charge is -2.34. The topological polar surface area (TPSA) is 280 Å². The minimum Gasteiger partial charge on any atom is -0.410 e. The summed E-state index contributed by atoms with van der Waals surface area (Å²) < 4.78 is 16.1. The Labute approximate surface area is 546 Å². The first-order valence-corrected chi connectivity index (χ1v) is 31.2. The summed E-state index contributed by atoms with van der Waals surface area (Å²) in [6, 6.07) is 35.6. The summed E-state index contributed by atoms with van der Waals surface area (Å²) in [5.74, 6) is 14.4. The number of rotatable bonds is 14. The van der Waals surface area contributed by atoms with Crippen molar-refractivity contribution in [2.24, 2.45) is 11.8 Å². The molecule has 4 fully saturated rings. The molecule has 9 aromatic rings. The predicted molar refractivity (Wildman–Crippen MR) is 369 cm³/mol. The molecule has 4 aliphatic heterocycles. The van der Waals surface area contributed by atoms with Gasteiger partial charge in [0, 0.05) is 124 Å². The quantitative estimate of drug-likeness (QED) is 0.0335. The monoisotopic (exact) mass is 1270 g/mol. The number of fused-ring (bicyclic) bond motifs is 2. The average Bonchev–Trinajstić information content (AvgIpc) is 1.97. The van der Waals surface area contributed by atoms with Crippen molar-refractivity contribution in [1.82, 2.24) is 39.9 Å². The molecule has 0 aliphatic carbocycles. The molecule has 6 aromatic heterocycles. The number of hydrogen-bond donors (Lipinski definition) is 6. The van der Waals surface area contributed by atoms with Crippen LogP contribution in [0.1, 0.15) is 59.8 Å². The maximum Gasteiger partial charge on any atom is 0.418 e.